The Morgan fingerprint density at radius 2 is 1.82 bits per heavy atom. The van der Waals surface area contributed by atoms with Gasteiger partial charge in [0, 0.05) is 31.5 Å². The minimum atomic E-state index is -1.47. The number of hydrogen-bond acceptors (Lipinski definition) is 3. The van der Waals surface area contributed by atoms with Crippen LogP contribution in [-0.4, -0.2) is 36.8 Å². The summed E-state index contributed by atoms with van der Waals surface area (Å²) in [4.78, 5) is 13.6. The maximum absolute atomic E-state index is 15.3. The molecule has 122 valence electrons. The van der Waals surface area contributed by atoms with Crippen molar-refractivity contribution in [2.24, 2.45) is 0 Å². The van der Waals surface area contributed by atoms with Crippen molar-refractivity contribution in [3.8, 4) is 5.75 Å². The van der Waals surface area contributed by atoms with Crippen LogP contribution in [0.25, 0.3) is 0 Å². The summed E-state index contributed by atoms with van der Waals surface area (Å²) in [5.41, 5.74) is -1.45. The number of halogens is 1. The SMILES string of the molecule is COc1ccccc1C1(F)CCN(C(=O)OC(C)(C)C)CC1. The van der Waals surface area contributed by atoms with Gasteiger partial charge >= 0.3 is 6.09 Å². The zero-order chi connectivity index (χ0) is 16.4. The fraction of sp³-hybridized carbons (Fsp3) is 0.588. The van der Waals surface area contributed by atoms with Crippen LogP contribution in [0.15, 0.2) is 24.3 Å². The van der Waals surface area contributed by atoms with E-state index < -0.39 is 11.3 Å². The van der Waals surface area contributed by atoms with E-state index in [0.717, 1.165) is 0 Å². The van der Waals surface area contributed by atoms with Crippen LogP contribution < -0.4 is 4.74 Å². The number of carbonyl (C=O) groups excluding carboxylic acids is 1. The van der Waals surface area contributed by atoms with Crippen LogP contribution in [0.5, 0.6) is 5.75 Å². The molecule has 4 nitrogen and oxygen atoms in total. The molecule has 2 rings (SSSR count). The Kier molecular flexibility index (Phi) is 4.63. The Labute approximate surface area is 131 Å². The van der Waals surface area contributed by atoms with Crippen LogP contribution in [0, 0.1) is 0 Å². The number of methoxy groups -OCH3 is 1. The molecule has 0 atom stereocenters. The summed E-state index contributed by atoms with van der Waals surface area (Å²) in [5, 5.41) is 0. The average Bonchev–Trinajstić information content (AvgIpc) is 2.46. The highest BCUT2D eigenvalue weighted by atomic mass is 19.1. The number of para-hydroxylation sites is 1. The van der Waals surface area contributed by atoms with Crippen molar-refractivity contribution >= 4 is 6.09 Å². The van der Waals surface area contributed by atoms with Gasteiger partial charge in [0.2, 0.25) is 0 Å². The summed E-state index contributed by atoms with van der Waals surface area (Å²) in [6.07, 6.45) is 0.105. The van der Waals surface area contributed by atoms with Crippen molar-refractivity contribution in [3.63, 3.8) is 0 Å². The minimum absolute atomic E-state index is 0.243. The van der Waals surface area contributed by atoms with Crippen molar-refractivity contribution < 1.29 is 18.7 Å². The summed E-state index contributed by atoms with van der Waals surface area (Å²) in [6, 6.07) is 7.14. The maximum atomic E-state index is 15.3. The number of piperidine rings is 1. The smallest absolute Gasteiger partial charge is 0.410 e. The molecule has 0 saturated carbocycles. The predicted molar refractivity (Wildman–Crippen MR) is 82.8 cm³/mol. The first-order valence-electron chi connectivity index (χ1n) is 7.55. The lowest BCUT2D eigenvalue weighted by atomic mass is 9.85. The van der Waals surface area contributed by atoms with Crippen LogP contribution >= 0.6 is 0 Å². The lowest BCUT2D eigenvalue weighted by molar-refractivity contribution is 0.00178. The Morgan fingerprint density at radius 3 is 2.36 bits per heavy atom. The molecule has 1 aliphatic heterocycles. The third kappa shape index (κ3) is 3.70. The Bertz CT molecular complexity index is 531. The molecule has 22 heavy (non-hydrogen) atoms. The number of ether oxygens (including phenoxy) is 2. The molecule has 1 aliphatic rings. The van der Waals surface area contributed by atoms with E-state index in [1.807, 2.05) is 26.8 Å². The van der Waals surface area contributed by atoms with Gasteiger partial charge in [0.1, 0.15) is 17.0 Å². The molecule has 1 aromatic rings. The second-order valence-corrected chi connectivity index (χ2v) is 6.63. The van der Waals surface area contributed by atoms with E-state index in [1.54, 1.807) is 23.1 Å². The Balaban J connectivity index is 2.06. The zero-order valence-corrected chi connectivity index (χ0v) is 13.7. The standard InChI is InChI=1S/C17H24FNO3/c1-16(2,3)22-15(20)19-11-9-17(18,10-12-19)13-7-5-6-8-14(13)21-4/h5-8H,9-12H2,1-4H3. The van der Waals surface area contributed by atoms with Gasteiger partial charge in [0.25, 0.3) is 0 Å². The van der Waals surface area contributed by atoms with Crippen LogP contribution in [-0.2, 0) is 10.4 Å². The Morgan fingerprint density at radius 1 is 1.23 bits per heavy atom. The number of nitrogens with zero attached hydrogens (tertiary/aromatic N) is 1. The van der Waals surface area contributed by atoms with E-state index in [2.05, 4.69) is 0 Å². The molecular formula is C17H24FNO3. The molecule has 1 saturated heterocycles. The van der Waals surface area contributed by atoms with Crippen LogP contribution in [0.2, 0.25) is 0 Å². The van der Waals surface area contributed by atoms with Crippen molar-refractivity contribution in [2.45, 2.75) is 44.9 Å². The van der Waals surface area contributed by atoms with E-state index >= 15 is 4.39 Å². The third-order valence-electron chi connectivity index (χ3n) is 3.80. The number of likely N-dealkylation sites (tertiary alicyclic amines) is 1. The molecule has 0 aliphatic carbocycles. The van der Waals surface area contributed by atoms with E-state index in [9.17, 15) is 4.79 Å². The van der Waals surface area contributed by atoms with Gasteiger partial charge in [-0.3, -0.25) is 0 Å². The molecule has 0 unspecified atom stereocenters. The first-order valence-corrected chi connectivity index (χ1v) is 7.55. The topological polar surface area (TPSA) is 38.8 Å². The molecule has 0 bridgehead atoms. The highest BCUT2D eigenvalue weighted by Gasteiger charge is 2.40. The van der Waals surface area contributed by atoms with Crippen LogP contribution in [0.3, 0.4) is 0 Å². The van der Waals surface area contributed by atoms with Crippen molar-refractivity contribution in [1.82, 2.24) is 4.90 Å². The number of amides is 1. The largest absolute Gasteiger partial charge is 0.496 e. The molecule has 1 fully saturated rings. The van der Waals surface area contributed by atoms with Gasteiger partial charge in [-0.15, -0.1) is 0 Å². The van der Waals surface area contributed by atoms with E-state index in [4.69, 9.17) is 9.47 Å². The highest BCUT2D eigenvalue weighted by molar-refractivity contribution is 5.68. The molecule has 0 N–H and O–H groups in total. The second-order valence-electron chi connectivity index (χ2n) is 6.63. The number of benzene rings is 1. The van der Waals surface area contributed by atoms with Gasteiger partial charge in [-0.1, -0.05) is 18.2 Å². The minimum Gasteiger partial charge on any atom is -0.496 e. The van der Waals surface area contributed by atoms with Crippen molar-refractivity contribution in [3.05, 3.63) is 29.8 Å². The maximum Gasteiger partial charge on any atom is 0.410 e. The van der Waals surface area contributed by atoms with Gasteiger partial charge in [0.05, 0.1) is 7.11 Å². The lowest BCUT2D eigenvalue weighted by Crippen LogP contribution is -2.45. The van der Waals surface area contributed by atoms with E-state index in [1.165, 1.54) is 7.11 Å². The van der Waals surface area contributed by atoms with Crippen molar-refractivity contribution in [1.29, 1.82) is 0 Å². The van der Waals surface area contributed by atoms with Gasteiger partial charge in [0.15, 0.2) is 0 Å². The van der Waals surface area contributed by atoms with Gasteiger partial charge in [-0.25, -0.2) is 9.18 Å². The molecule has 0 aromatic heterocycles. The number of hydrogen-bond donors (Lipinski definition) is 0. The number of alkyl halides is 1. The highest BCUT2D eigenvalue weighted by Crippen LogP contribution is 2.41. The zero-order valence-electron chi connectivity index (χ0n) is 13.7. The summed E-state index contributed by atoms with van der Waals surface area (Å²) < 4.78 is 25.9. The molecule has 5 heteroatoms. The van der Waals surface area contributed by atoms with Crippen LogP contribution in [0.4, 0.5) is 9.18 Å². The first-order chi connectivity index (χ1) is 10.2. The molecule has 0 radical (unpaired) electrons. The third-order valence-corrected chi connectivity index (χ3v) is 3.80. The summed E-state index contributed by atoms with van der Waals surface area (Å²) in [5.74, 6) is 0.552. The number of carbonyl (C=O) groups is 1. The van der Waals surface area contributed by atoms with E-state index in [-0.39, 0.29) is 18.9 Å². The van der Waals surface area contributed by atoms with Crippen molar-refractivity contribution in [2.75, 3.05) is 20.2 Å². The van der Waals surface area contributed by atoms with Gasteiger partial charge in [-0.05, 0) is 26.8 Å². The predicted octanol–water partition coefficient (Wildman–Crippen LogP) is 3.89. The lowest BCUT2D eigenvalue weighted by Gasteiger charge is -2.37. The first kappa shape index (κ1) is 16.6. The fourth-order valence-electron chi connectivity index (χ4n) is 2.65. The van der Waals surface area contributed by atoms with Gasteiger partial charge in [-0.2, -0.15) is 0 Å². The number of rotatable bonds is 2. The van der Waals surface area contributed by atoms with Gasteiger partial charge < -0.3 is 14.4 Å². The van der Waals surface area contributed by atoms with E-state index in [0.29, 0.717) is 24.4 Å². The Hall–Kier alpha value is -1.78. The molecule has 1 amide bonds. The molecule has 1 heterocycles. The molecule has 0 spiro atoms. The second kappa shape index (κ2) is 6.15. The monoisotopic (exact) mass is 309 g/mol. The fourth-order valence-corrected chi connectivity index (χ4v) is 2.65. The summed E-state index contributed by atoms with van der Waals surface area (Å²) in [7, 11) is 1.54. The summed E-state index contributed by atoms with van der Waals surface area (Å²) in [6.45, 7) is 6.14. The van der Waals surface area contributed by atoms with Crippen LogP contribution in [0.1, 0.15) is 39.2 Å². The normalized spacial score (nSPS) is 18.0. The summed E-state index contributed by atoms with van der Waals surface area (Å²) >= 11 is 0. The molecule has 1 aromatic carbocycles. The molecular weight excluding hydrogens is 285 g/mol. The average molecular weight is 309 g/mol. The quantitative estimate of drug-likeness (QED) is 0.832.